The number of para-hydroxylation sites is 1. The van der Waals surface area contributed by atoms with E-state index in [-0.39, 0.29) is 0 Å². The molecule has 0 aliphatic carbocycles. The number of benzene rings is 2. The standard InChI is InChI=1S/C25H38N2O/c1-2-3-4-5-6-7-8-9-10-14-21-28-25-19-17-23(18-20-25)22-26-27-24-15-12-11-13-16-24/h11-13,15-20,26-27H,2-10,14,21-22H2,1H3. The predicted molar refractivity (Wildman–Crippen MR) is 121 cm³/mol. The van der Waals surface area contributed by atoms with Crippen LogP contribution in [0.3, 0.4) is 0 Å². The van der Waals surface area contributed by atoms with Crippen molar-refractivity contribution < 1.29 is 4.74 Å². The van der Waals surface area contributed by atoms with Gasteiger partial charge in [-0.3, -0.25) is 0 Å². The van der Waals surface area contributed by atoms with Crippen LogP contribution in [0.15, 0.2) is 54.6 Å². The monoisotopic (exact) mass is 382 g/mol. The van der Waals surface area contributed by atoms with Crippen molar-refractivity contribution in [3.05, 3.63) is 60.2 Å². The zero-order chi connectivity index (χ0) is 19.7. The Labute approximate surface area is 171 Å². The molecule has 0 saturated carbocycles. The minimum atomic E-state index is 0.771. The third-order valence-corrected chi connectivity index (χ3v) is 4.99. The van der Waals surface area contributed by atoms with Crippen molar-refractivity contribution >= 4 is 5.69 Å². The van der Waals surface area contributed by atoms with Crippen LogP contribution < -0.4 is 15.6 Å². The first-order valence-electron chi connectivity index (χ1n) is 11.1. The zero-order valence-electron chi connectivity index (χ0n) is 17.6. The second-order valence-electron chi connectivity index (χ2n) is 7.52. The van der Waals surface area contributed by atoms with Crippen molar-refractivity contribution in [2.75, 3.05) is 12.0 Å². The average Bonchev–Trinajstić information content (AvgIpc) is 2.74. The van der Waals surface area contributed by atoms with Crippen LogP contribution in [0.25, 0.3) is 0 Å². The second kappa shape index (κ2) is 15.0. The third kappa shape index (κ3) is 10.4. The SMILES string of the molecule is CCCCCCCCCCCCOc1ccc(CNNc2ccccc2)cc1. The summed E-state index contributed by atoms with van der Waals surface area (Å²) in [6.45, 7) is 3.87. The normalized spacial score (nSPS) is 10.8. The lowest BCUT2D eigenvalue weighted by Crippen LogP contribution is -2.20. The molecule has 0 heterocycles. The minimum absolute atomic E-state index is 0.771. The fraction of sp³-hybridized carbons (Fsp3) is 0.520. The van der Waals surface area contributed by atoms with E-state index >= 15 is 0 Å². The van der Waals surface area contributed by atoms with E-state index in [2.05, 4.69) is 42.0 Å². The summed E-state index contributed by atoms with van der Waals surface area (Å²) in [5, 5.41) is 0. The number of hydrazine groups is 1. The van der Waals surface area contributed by atoms with E-state index in [0.717, 1.165) is 31.0 Å². The average molecular weight is 383 g/mol. The molecular weight excluding hydrogens is 344 g/mol. The molecule has 0 atom stereocenters. The van der Waals surface area contributed by atoms with E-state index in [0.29, 0.717) is 0 Å². The zero-order valence-corrected chi connectivity index (χ0v) is 17.6. The lowest BCUT2D eigenvalue weighted by molar-refractivity contribution is 0.304. The Balaban J connectivity index is 1.46. The van der Waals surface area contributed by atoms with Crippen LogP contribution in [0.2, 0.25) is 0 Å². The fourth-order valence-electron chi connectivity index (χ4n) is 3.25. The quantitative estimate of drug-likeness (QED) is 0.240. The summed E-state index contributed by atoms with van der Waals surface area (Å²) < 4.78 is 5.87. The summed E-state index contributed by atoms with van der Waals surface area (Å²) in [4.78, 5) is 0. The molecule has 0 bridgehead atoms. The van der Waals surface area contributed by atoms with Gasteiger partial charge in [0.15, 0.2) is 0 Å². The van der Waals surface area contributed by atoms with Crippen molar-refractivity contribution in [3.8, 4) is 5.75 Å². The molecule has 0 unspecified atom stereocenters. The van der Waals surface area contributed by atoms with Gasteiger partial charge in [-0.2, -0.15) is 0 Å². The van der Waals surface area contributed by atoms with E-state index in [1.165, 1.54) is 63.4 Å². The maximum absolute atomic E-state index is 5.87. The summed E-state index contributed by atoms with van der Waals surface area (Å²) in [6.07, 6.45) is 13.6. The molecule has 3 nitrogen and oxygen atoms in total. The van der Waals surface area contributed by atoms with Gasteiger partial charge in [-0.25, -0.2) is 5.43 Å². The number of anilines is 1. The van der Waals surface area contributed by atoms with Gasteiger partial charge in [0.25, 0.3) is 0 Å². The van der Waals surface area contributed by atoms with Crippen LogP contribution in [0.5, 0.6) is 5.75 Å². The summed E-state index contributed by atoms with van der Waals surface area (Å²) in [5.74, 6) is 0.968. The molecular formula is C25H38N2O. The Hall–Kier alpha value is -2.00. The van der Waals surface area contributed by atoms with E-state index in [1.807, 2.05) is 30.3 Å². The van der Waals surface area contributed by atoms with Gasteiger partial charge in [-0.1, -0.05) is 95.0 Å². The Bertz CT molecular complexity index is 598. The van der Waals surface area contributed by atoms with E-state index < -0.39 is 0 Å². The van der Waals surface area contributed by atoms with Crippen LogP contribution in [-0.2, 0) is 6.54 Å². The van der Waals surface area contributed by atoms with Crippen molar-refractivity contribution in [2.45, 2.75) is 77.7 Å². The second-order valence-corrected chi connectivity index (χ2v) is 7.52. The first-order chi connectivity index (χ1) is 13.9. The maximum atomic E-state index is 5.87. The highest BCUT2D eigenvalue weighted by atomic mass is 16.5. The van der Waals surface area contributed by atoms with E-state index in [4.69, 9.17) is 4.74 Å². The highest BCUT2D eigenvalue weighted by molar-refractivity contribution is 5.41. The van der Waals surface area contributed by atoms with Gasteiger partial charge >= 0.3 is 0 Å². The van der Waals surface area contributed by atoms with Gasteiger partial charge < -0.3 is 10.2 Å². The molecule has 2 N–H and O–H groups in total. The van der Waals surface area contributed by atoms with Crippen molar-refractivity contribution in [1.29, 1.82) is 0 Å². The van der Waals surface area contributed by atoms with Gasteiger partial charge in [-0.05, 0) is 36.2 Å². The first-order valence-corrected chi connectivity index (χ1v) is 11.1. The number of rotatable bonds is 16. The van der Waals surface area contributed by atoms with Gasteiger partial charge in [0.05, 0.1) is 6.61 Å². The fourth-order valence-corrected chi connectivity index (χ4v) is 3.25. The van der Waals surface area contributed by atoms with E-state index in [9.17, 15) is 0 Å². The molecule has 0 aromatic heterocycles. The number of ether oxygens (including phenoxy) is 1. The van der Waals surface area contributed by atoms with Crippen molar-refractivity contribution in [3.63, 3.8) is 0 Å². The molecule has 0 saturated heterocycles. The predicted octanol–water partition coefficient (Wildman–Crippen LogP) is 7.10. The summed E-state index contributed by atoms with van der Waals surface area (Å²) in [5.41, 5.74) is 8.74. The molecule has 2 aromatic rings. The summed E-state index contributed by atoms with van der Waals surface area (Å²) in [7, 11) is 0. The molecule has 0 spiro atoms. The molecule has 2 rings (SSSR count). The Morgan fingerprint density at radius 2 is 1.29 bits per heavy atom. The topological polar surface area (TPSA) is 33.3 Å². The van der Waals surface area contributed by atoms with Gasteiger partial charge in [-0.15, -0.1) is 0 Å². The van der Waals surface area contributed by atoms with Gasteiger partial charge in [0, 0.05) is 12.2 Å². The third-order valence-electron chi connectivity index (χ3n) is 4.99. The summed E-state index contributed by atoms with van der Waals surface area (Å²) in [6, 6.07) is 18.5. The van der Waals surface area contributed by atoms with E-state index in [1.54, 1.807) is 0 Å². The Morgan fingerprint density at radius 3 is 1.93 bits per heavy atom. The molecule has 0 radical (unpaired) electrons. The molecule has 0 fully saturated rings. The number of unbranched alkanes of at least 4 members (excludes halogenated alkanes) is 9. The Morgan fingerprint density at radius 1 is 0.679 bits per heavy atom. The molecule has 0 aliphatic rings. The van der Waals surface area contributed by atoms with Crippen molar-refractivity contribution in [2.24, 2.45) is 0 Å². The molecule has 3 heteroatoms. The number of hydrogen-bond acceptors (Lipinski definition) is 3. The molecule has 154 valence electrons. The minimum Gasteiger partial charge on any atom is -0.494 e. The van der Waals surface area contributed by atoms with Crippen LogP contribution in [0.4, 0.5) is 5.69 Å². The summed E-state index contributed by atoms with van der Waals surface area (Å²) >= 11 is 0. The maximum Gasteiger partial charge on any atom is 0.119 e. The lowest BCUT2D eigenvalue weighted by Gasteiger charge is -2.10. The largest absolute Gasteiger partial charge is 0.494 e. The number of nitrogens with one attached hydrogen (secondary N) is 2. The van der Waals surface area contributed by atoms with Gasteiger partial charge in [0.1, 0.15) is 5.75 Å². The highest BCUT2D eigenvalue weighted by Crippen LogP contribution is 2.14. The molecule has 2 aromatic carbocycles. The van der Waals surface area contributed by atoms with Gasteiger partial charge in [0.2, 0.25) is 0 Å². The molecule has 0 aliphatic heterocycles. The van der Waals surface area contributed by atoms with Crippen LogP contribution in [0.1, 0.15) is 76.7 Å². The smallest absolute Gasteiger partial charge is 0.119 e. The Kier molecular flexibility index (Phi) is 11.9. The molecule has 0 amide bonds. The van der Waals surface area contributed by atoms with Crippen LogP contribution in [-0.4, -0.2) is 6.61 Å². The number of hydrogen-bond donors (Lipinski definition) is 2. The lowest BCUT2D eigenvalue weighted by atomic mass is 10.1. The van der Waals surface area contributed by atoms with Crippen LogP contribution in [0, 0.1) is 0 Å². The molecule has 28 heavy (non-hydrogen) atoms. The van der Waals surface area contributed by atoms with Crippen LogP contribution >= 0.6 is 0 Å². The first kappa shape index (κ1) is 22.3. The highest BCUT2D eigenvalue weighted by Gasteiger charge is 1.97. The van der Waals surface area contributed by atoms with Crippen molar-refractivity contribution in [1.82, 2.24) is 5.43 Å².